The maximum absolute atomic E-state index is 12.4. The summed E-state index contributed by atoms with van der Waals surface area (Å²) in [4.78, 5) is 3.66. The van der Waals surface area contributed by atoms with Crippen LogP contribution in [0.1, 0.15) is 5.56 Å². The summed E-state index contributed by atoms with van der Waals surface area (Å²) in [6, 6.07) is 4.53. The number of hydrogen-bond acceptors (Lipinski definition) is 4. The van der Waals surface area contributed by atoms with Crippen molar-refractivity contribution < 1.29 is 13.2 Å². The summed E-state index contributed by atoms with van der Waals surface area (Å²) in [6.07, 6.45) is 2.59. The number of nitrogens with one attached hydrogen (secondary N) is 1. The van der Waals surface area contributed by atoms with Crippen molar-refractivity contribution in [2.75, 3.05) is 11.8 Å². The van der Waals surface area contributed by atoms with E-state index in [0.29, 0.717) is 16.3 Å². The molecule has 5 nitrogen and oxygen atoms in total. The van der Waals surface area contributed by atoms with Gasteiger partial charge in [-0.1, -0.05) is 23.2 Å². The fraction of sp³-hybridized carbons (Fsp3) is 0.154. The molecular formula is C13H12Cl2N2O3S. The van der Waals surface area contributed by atoms with Crippen molar-refractivity contribution in [2.45, 2.75) is 11.8 Å². The van der Waals surface area contributed by atoms with Gasteiger partial charge in [0.1, 0.15) is 10.6 Å². The van der Waals surface area contributed by atoms with Crippen LogP contribution in [0.4, 0.5) is 5.69 Å². The summed E-state index contributed by atoms with van der Waals surface area (Å²) >= 11 is 11.9. The van der Waals surface area contributed by atoms with Crippen LogP contribution in [0, 0.1) is 6.92 Å². The molecule has 8 heteroatoms. The summed E-state index contributed by atoms with van der Waals surface area (Å²) in [7, 11) is -2.45. The lowest BCUT2D eigenvalue weighted by molar-refractivity contribution is 0.417. The molecule has 0 fully saturated rings. The van der Waals surface area contributed by atoms with Crippen LogP contribution in [0.25, 0.3) is 0 Å². The zero-order chi connectivity index (χ0) is 15.6. The van der Waals surface area contributed by atoms with Crippen molar-refractivity contribution in [3.63, 3.8) is 0 Å². The zero-order valence-electron chi connectivity index (χ0n) is 11.2. The van der Waals surface area contributed by atoms with Gasteiger partial charge >= 0.3 is 0 Å². The molecule has 1 aromatic carbocycles. The molecule has 0 bridgehead atoms. The molecule has 0 aliphatic rings. The number of sulfonamides is 1. The second-order valence-corrected chi connectivity index (χ2v) is 6.68. The summed E-state index contributed by atoms with van der Waals surface area (Å²) in [5.74, 6) is 0.314. The maximum Gasteiger partial charge on any atom is 0.265 e. The molecule has 0 radical (unpaired) electrons. The van der Waals surface area contributed by atoms with Crippen LogP contribution in [0.5, 0.6) is 5.75 Å². The normalized spacial score (nSPS) is 11.2. The van der Waals surface area contributed by atoms with E-state index in [1.807, 2.05) is 0 Å². The first-order chi connectivity index (χ1) is 9.85. The minimum absolute atomic E-state index is 0.0853. The Balaban J connectivity index is 2.47. The highest BCUT2D eigenvalue weighted by Crippen LogP contribution is 2.33. The highest BCUT2D eigenvalue weighted by molar-refractivity contribution is 7.92. The van der Waals surface area contributed by atoms with Gasteiger partial charge < -0.3 is 4.74 Å². The van der Waals surface area contributed by atoms with Crippen molar-refractivity contribution >= 4 is 38.9 Å². The molecule has 2 rings (SSSR count). The van der Waals surface area contributed by atoms with E-state index in [4.69, 9.17) is 27.9 Å². The molecule has 0 saturated heterocycles. The SMILES string of the molecule is COc1cc(Cl)c(C)cc1NS(=O)(=O)c1cnccc1Cl. The van der Waals surface area contributed by atoms with Crippen LogP contribution < -0.4 is 9.46 Å². The third-order valence-corrected chi connectivity index (χ3v) is 4.99. The molecule has 21 heavy (non-hydrogen) atoms. The van der Waals surface area contributed by atoms with Crippen LogP contribution in [0.2, 0.25) is 10.0 Å². The molecule has 2 aromatic rings. The number of methoxy groups -OCH3 is 1. The molecule has 112 valence electrons. The molecule has 0 spiro atoms. The lowest BCUT2D eigenvalue weighted by Gasteiger charge is -2.14. The van der Waals surface area contributed by atoms with Gasteiger partial charge in [-0.3, -0.25) is 9.71 Å². The number of anilines is 1. The largest absolute Gasteiger partial charge is 0.495 e. The number of aromatic nitrogens is 1. The molecule has 0 atom stereocenters. The van der Waals surface area contributed by atoms with Gasteiger partial charge in [0.15, 0.2) is 0 Å². The van der Waals surface area contributed by atoms with Crippen molar-refractivity contribution in [1.82, 2.24) is 4.98 Å². The topological polar surface area (TPSA) is 68.3 Å². The number of aryl methyl sites for hydroxylation is 1. The van der Waals surface area contributed by atoms with Crippen LogP contribution in [-0.2, 0) is 10.0 Å². The first-order valence-electron chi connectivity index (χ1n) is 5.81. The average Bonchev–Trinajstić information content (AvgIpc) is 2.42. The number of benzene rings is 1. The smallest absolute Gasteiger partial charge is 0.265 e. The average molecular weight is 347 g/mol. The van der Waals surface area contributed by atoms with E-state index in [0.717, 1.165) is 0 Å². The third kappa shape index (κ3) is 3.40. The van der Waals surface area contributed by atoms with Crippen LogP contribution in [0.15, 0.2) is 35.5 Å². The number of ether oxygens (including phenoxy) is 1. The Bertz CT molecular complexity index is 779. The second-order valence-electron chi connectivity index (χ2n) is 4.21. The first-order valence-corrected chi connectivity index (χ1v) is 8.05. The number of nitrogens with zero attached hydrogens (tertiary/aromatic N) is 1. The maximum atomic E-state index is 12.4. The Labute approximate surface area is 132 Å². The molecule has 0 aliphatic heterocycles. The molecule has 0 aliphatic carbocycles. The van der Waals surface area contributed by atoms with E-state index >= 15 is 0 Å². The highest BCUT2D eigenvalue weighted by Gasteiger charge is 2.20. The van der Waals surface area contributed by atoms with Gasteiger partial charge in [0.2, 0.25) is 0 Å². The first kappa shape index (κ1) is 15.9. The second kappa shape index (κ2) is 6.09. The van der Waals surface area contributed by atoms with E-state index < -0.39 is 10.0 Å². The standard InChI is InChI=1S/C13H12Cl2N2O3S/c1-8-5-11(12(20-2)6-10(8)15)17-21(18,19)13-7-16-4-3-9(13)14/h3-7,17H,1-2H3. The molecule has 1 heterocycles. The third-order valence-electron chi connectivity index (χ3n) is 2.75. The van der Waals surface area contributed by atoms with Crippen molar-refractivity contribution in [2.24, 2.45) is 0 Å². The monoisotopic (exact) mass is 346 g/mol. The van der Waals surface area contributed by atoms with E-state index in [9.17, 15) is 8.42 Å². The lowest BCUT2D eigenvalue weighted by Crippen LogP contribution is -2.14. The van der Waals surface area contributed by atoms with E-state index in [1.165, 1.54) is 25.6 Å². The Morgan fingerprint density at radius 2 is 1.95 bits per heavy atom. The summed E-state index contributed by atoms with van der Waals surface area (Å²) in [6.45, 7) is 1.76. The van der Waals surface area contributed by atoms with Gasteiger partial charge in [0.25, 0.3) is 10.0 Å². The number of hydrogen-bond donors (Lipinski definition) is 1. The van der Waals surface area contributed by atoms with Crippen molar-refractivity contribution in [3.8, 4) is 5.75 Å². The van der Waals surface area contributed by atoms with Gasteiger partial charge in [-0.15, -0.1) is 0 Å². The van der Waals surface area contributed by atoms with Gasteiger partial charge in [-0.05, 0) is 24.6 Å². The predicted octanol–water partition coefficient (Wildman–Crippen LogP) is 3.51. The van der Waals surface area contributed by atoms with Crippen LogP contribution in [0.3, 0.4) is 0 Å². The number of rotatable bonds is 4. The van der Waals surface area contributed by atoms with E-state index in [2.05, 4.69) is 9.71 Å². The van der Waals surface area contributed by atoms with Crippen LogP contribution in [-0.4, -0.2) is 20.5 Å². The summed E-state index contributed by atoms with van der Waals surface area (Å²) in [5, 5.41) is 0.566. The van der Waals surface area contributed by atoms with Crippen molar-refractivity contribution in [3.05, 3.63) is 46.2 Å². The Morgan fingerprint density at radius 3 is 2.57 bits per heavy atom. The Kier molecular flexibility index (Phi) is 4.61. The fourth-order valence-electron chi connectivity index (χ4n) is 1.67. The molecule has 1 N–H and O–H groups in total. The fourth-order valence-corrected chi connectivity index (χ4v) is 3.32. The molecule has 1 aromatic heterocycles. The lowest BCUT2D eigenvalue weighted by atomic mass is 10.2. The summed E-state index contributed by atoms with van der Waals surface area (Å²) in [5.41, 5.74) is 0.992. The number of pyridine rings is 1. The van der Waals surface area contributed by atoms with Crippen LogP contribution >= 0.6 is 23.2 Å². The summed E-state index contributed by atoms with van der Waals surface area (Å²) < 4.78 is 32.3. The number of halogens is 2. The molecular weight excluding hydrogens is 335 g/mol. The van der Waals surface area contributed by atoms with Gasteiger partial charge in [-0.25, -0.2) is 8.42 Å². The minimum Gasteiger partial charge on any atom is -0.495 e. The minimum atomic E-state index is -3.87. The Morgan fingerprint density at radius 1 is 1.24 bits per heavy atom. The molecule has 0 saturated carbocycles. The molecule has 0 amide bonds. The van der Waals surface area contributed by atoms with E-state index in [1.54, 1.807) is 19.1 Å². The van der Waals surface area contributed by atoms with Crippen molar-refractivity contribution in [1.29, 1.82) is 0 Å². The van der Waals surface area contributed by atoms with Gasteiger partial charge in [-0.2, -0.15) is 0 Å². The molecule has 0 unspecified atom stereocenters. The van der Waals surface area contributed by atoms with Gasteiger partial charge in [0.05, 0.1) is 17.8 Å². The van der Waals surface area contributed by atoms with Gasteiger partial charge in [0, 0.05) is 23.5 Å². The van der Waals surface area contributed by atoms with E-state index in [-0.39, 0.29) is 15.6 Å². The zero-order valence-corrected chi connectivity index (χ0v) is 13.6. The highest BCUT2D eigenvalue weighted by atomic mass is 35.5. The predicted molar refractivity (Wildman–Crippen MR) is 82.8 cm³/mol. The quantitative estimate of drug-likeness (QED) is 0.919. The Hall–Kier alpha value is -1.50.